The Morgan fingerprint density at radius 2 is 1.88 bits per heavy atom. The third kappa shape index (κ3) is 7.79. The smallest absolute Gasteiger partial charge is 0.726 e. The van der Waals surface area contributed by atoms with Crippen LogP contribution in [0.25, 0.3) is 0 Å². The van der Waals surface area contributed by atoms with Gasteiger partial charge in [0.15, 0.2) is 0 Å². The Kier molecular flexibility index (Phi) is 11.0. The molecule has 3 fully saturated rings. The van der Waals surface area contributed by atoms with Crippen LogP contribution in [-0.2, 0) is 14.6 Å². The van der Waals surface area contributed by atoms with Crippen molar-refractivity contribution in [2.24, 2.45) is 29.1 Å². The summed E-state index contributed by atoms with van der Waals surface area (Å²) in [6.07, 6.45) is 15.9. The monoisotopic (exact) mass is 486 g/mol. The zero-order valence-corrected chi connectivity index (χ0v) is 24.4. The van der Waals surface area contributed by atoms with E-state index >= 15 is 0 Å². The molecular weight excluding hydrogens is 443 g/mol. The van der Waals surface area contributed by atoms with Gasteiger partial charge in [0.25, 0.3) is 0 Å². The van der Waals surface area contributed by atoms with E-state index in [1.54, 1.807) is 5.57 Å². The Balaban J connectivity index is 0.00000385. The van der Waals surface area contributed by atoms with Gasteiger partial charge < -0.3 is 4.55 Å². The van der Waals surface area contributed by atoms with Gasteiger partial charge >= 0.3 is 29.6 Å². The second-order valence-corrected chi connectivity index (χ2v) is 12.3. The first-order valence-electron chi connectivity index (χ1n) is 12.7. The average molecular weight is 487 g/mol. The third-order valence-corrected chi connectivity index (χ3v) is 9.10. The number of fused-ring (bicyclic) bond motifs is 1. The Labute approximate surface area is 225 Å². The third-order valence-electron chi connectivity index (χ3n) is 8.59. The topological polar surface area (TPSA) is 66.4 Å². The number of hydrogen-bond acceptors (Lipinski definition) is 4. The van der Waals surface area contributed by atoms with Crippen molar-refractivity contribution in [3.05, 3.63) is 35.5 Å². The van der Waals surface area contributed by atoms with Gasteiger partial charge in [0.2, 0.25) is 10.4 Å². The normalized spacial score (nSPS) is 33.9. The minimum atomic E-state index is -4.67. The van der Waals surface area contributed by atoms with E-state index in [4.69, 9.17) is 4.18 Å². The van der Waals surface area contributed by atoms with Crippen molar-refractivity contribution in [1.82, 2.24) is 0 Å². The van der Waals surface area contributed by atoms with Crippen molar-refractivity contribution < 1.29 is 46.7 Å². The van der Waals surface area contributed by atoms with Crippen molar-refractivity contribution in [1.29, 1.82) is 0 Å². The predicted octanol–water partition coefficient (Wildman–Crippen LogP) is 4.11. The molecule has 3 aliphatic rings. The summed E-state index contributed by atoms with van der Waals surface area (Å²) in [5.41, 5.74) is 4.01. The van der Waals surface area contributed by atoms with Gasteiger partial charge in [-0.25, -0.2) is 8.42 Å². The van der Waals surface area contributed by atoms with E-state index < -0.39 is 16.5 Å². The molecule has 6 heteroatoms. The molecular formula is C27H43NaO4S. The fourth-order valence-corrected chi connectivity index (χ4v) is 7.39. The molecule has 3 rings (SSSR count). The van der Waals surface area contributed by atoms with Crippen molar-refractivity contribution in [3.8, 4) is 0 Å². The Hall–Kier alpha value is 0.0900. The van der Waals surface area contributed by atoms with Crippen LogP contribution < -0.4 is 29.6 Å². The van der Waals surface area contributed by atoms with Gasteiger partial charge in [-0.1, -0.05) is 76.8 Å². The fourth-order valence-electron chi connectivity index (χ4n) is 6.89. The van der Waals surface area contributed by atoms with Crippen LogP contribution in [0.1, 0.15) is 98.3 Å². The minimum absolute atomic E-state index is 0. The van der Waals surface area contributed by atoms with E-state index in [2.05, 4.69) is 46.4 Å². The van der Waals surface area contributed by atoms with Gasteiger partial charge in [-0.15, -0.1) is 0 Å². The molecule has 0 unspecified atom stereocenters. The Morgan fingerprint density at radius 3 is 2.55 bits per heavy atom. The molecule has 4 nitrogen and oxygen atoms in total. The van der Waals surface area contributed by atoms with Crippen molar-refractivity contribution in [2.75, 3.05) is 0 Å². The molecule has 0 aromatic rings. The molecule has 182 valence electrons. The summed E-state index contributed by atoms with van der Waals surface area (Å²) in [7, 11) is -4.67. The molecule has 3 aliphatic carbocycles. The van der Waals surface area contributed by atoms with Crippen LogP contribution in [-0.4, -0.2) is 19.1 Å². The summed E-state index contributed by atoms with van der Waals surface area (Å²) in [5.74, 6) is 3.03. The van der Waals surface area contributed by atoms with Crippen LogP contribution in [0.4, 0.5) is 0 Å². The van der Waals surface area contributed by atoms with Crippen LogP contribution >= 0.6 is 0 Å². The second kappa shape index (κ2) is 12.4. The first-order chi connectivity index (χ1) is 15.0. The zero-order valence-electron chi connectivity index (χ0n) is 21.6. The summed E-state index contributed by atoms with van der Waals surface area (Å²) in [4.78, 5) is 0. The first-order valence-corrected chi connectivity index (χ1v) is 14.0. The number of allylic oxidation sites excluding steroid dienone is 4. The van der Waals surface area contributed by atoms with Crippen LogP contribution in [0.5, 0.6) is 0 Å². The molecule has 3 saturated carbocycles. The summed E-state index contributed by atoms with van der Waals surface area (Å²) in [6, 6.07) is 0. The minimum Gasteiger partial charge on any atom is -0.726 e. The van der Waals surface area contributed by atoms with E-state index in [1.165, 1.54) is 44.9 Å². The van der Waals surface area contributed by atoms with Crippen LogP contribution in [0, 0.1) is 29.1 Å². The van der Waals surface area contributed by atoms with E-state index in [0.717, 1.165) is 35.3 Å². The quantitative estimate of drug-likeness (QED) is 0.294. The maximum absolute atomic E-state index is 11.0. The summed E-state index contributed by atoms with van der Waals surface area (Å²) >= 11 is 0. The number of rotatable bonds is 8. The molecule has 5 atom stereocenters. The number of hydrogen-bond donors (Lipinski definition) is 0. The average Bonchev–Trinajstić information content (AvgIpc) is 3.04. The van der Waals surface area contributed by atoms with Gasteiger partial charge in [0, 0.05) is 6.42 Å². The van der Waals surface area contributed by atoms with Crippen molar-refractivity contribution in [3.63, 3.8) is 0 Å². The zero-order chi connectivity index (χ0) is 23.5. The van der Waals surface area contributed by atoms with Gasteiger partial charge in [-0.2, -0.15) is 0 Å². The Bertz CT molecular complexity index is 844. The maximum Gasteiger partial charge on any atom is 1.00 e. The van der Waals surface area contributed by atoms with Gasteiger partial charge in [0.1, 0.15) is 0 Å². The van der Waals surface area contributed by atoms with Crippen LogP contribution in [0.2, 0.25) is 0 Å². The molecule has 0 bridgehead atoms. The second-order valence-electron chi connectivity index (χ2n) is 11.3. The maximum atomic E-state index is 11.0. The fraction of sp³-hybridized carbons (Fsp3) is 0.778. The van der Waals surface area contributed by atoms with E-state index in [9.17, 15) is 13.0 Å². The van der Waals surface area contributed by atoms with E-state index in [1.807, 2.05) is 0 Å². The van der Waals surface area contributed by atoms with Crippen LogP contribution in [0.15, 0.2) is 35.5 Å². The molecule has 0 amide bonds. The standard InChI is InChI=1S/C27H44O4S.Na/c1-19(2)8-6-9-21(4)25-15-16-26-22(10-7-17-27(25,26)5)12-13-23-18-24(14-11-20(23)3)31-32(28,29)30;/h12-13,19,21,24-26H,3,6-11,14-18H2,1-2,4-5H3,(H,28,29,30);/q;+1/p-1/b22-12-,23-13+;/t21-,24+,25-,26+,27-;/m1./s1. The molecule has 0 aliphatic heterocycles. The van der Waals surface area contributed by atoms with E-state index in [0.29, 0.717) is 30.6 Å². The largest absolute Gasteiger partial charge is 1.00 e. The van der Waals surface area contributed by atoms with Crippen LogP contribution in [0.3, 0.4) is 0 Å². The molecule has 0 N–H and O–H groups in total. The first kappa shape index (κ1) is 29.3. The van der Waals surface area contributed by atoms with Crippen molar-refractivity contribution >= 4 is 10.4 Å². The molecule has 0 heterocycles. The van der Waals surface area contributed by atoms with Gasteiger partial charge in [-0.05, 0) is 79.6 Å². The molecule has 33 heavy (non-hydrogen) atoms. The molecule has 0 aromatic heterocycles. The van der Waals surface area contributed by atoms with E-state index in [-0.39, 0.29) is 29.6 Å². The summed E-state index contributed by atoms with van der Waals surface area (Å²) < 4.78 is 37.8. The Morgan fingerprint density at radius 1 is 1.15 bits per heavy atom. The van der Waals surface area contributed by atoms with Gasteiger partial charge in [-0.3, -0.25) is 4.18 Å². The molecule has 0 radical (unpaired) electrons. The summed E-state index contributed by atoms with van der Waals surface area (Å²) in [5, 5.41) is 0. The van der Waals surface area contributed by atoms with Gasteiger partial charge in [0.05, 0.1) is 6.10 Å². The molecule has 0 spiro atoms. The molecule has 0 saturated heterocycles. The SMILES string of the molecule is C=C1CC[C@H](OS(=O)(=O)[O-])C/C1=C\C=C1\CCC[C@]2(C)[C@@H]([C@H](C)CCCC(C)C)CC[C@@H]12.[Na+]. The molecule has 0 aromatic carbocycles. The summed E-state index contributed by atoms with van der Waals surface area (Å²) in [6.45, 7) is 13.8. The van der Waals surface area contributed by atoms with Crippen molar-refractivity contribution in [2.45, 2.75) is 104 Å². The predicted molar refractivity (Wildman–Crippen MR) is 130 cm³/mol.